The molecule has 6 heteroatoms. The number of hydrogen-bond acceptors (Lipinski definition) is 3. The molecule has 0 saturated carbocycles. The number of aliphatic imine (C=N–C) groups is 1. The quantitative estimate of drug-likeness (QED) is 0.503. The molecular formula is C12H16ClN3O2. The number of esters is 1. The maximum atomic E-state index is 11.8. The highest BCUT2D eigenvalue weighted by atomic mass is 35.5. The lowest BCUT2D eigenvalue weighted by Gasteiger charge is -2.15. The Balaban J connectivity index is 2.98. The first kappa shape index (κ1) is 14.4. The molecular weight excluding hydrogens is 254 g/mol. The molecule has 0 saturated heterocycles. The third kappa shape index (κ3) is 3.20. The van der Waals surface area contributed by atoms with Crippen LogP contribution in [0.2, 0.25) is 0 Å². The van der Waals surface area contributed by atoms with E-state index in [9.17, 15) is 4.79 Å². The van der Waals surface area contributed by atoms with Gasteiger partial charge in [0.25, 0.3) is 0 Å². The standard InChI is InChI=1S/C12H16ClN3O2/c1-7-8(18-11(17)12(2,3)4)5-15-9(7)10(13)16-6-14/h5-6,14-15H,1-4H3. The van der Waals surface area contributed by atoms with Crippen LogP contribution >= 0.6 is 11.6 Å². The zero-order valence-electron chi connectivity index (χ0n) is 10.8. The summed E-state index contributed by atoms with van der Waals surface area (Å²) in [6.45, 7) is 7.10. The van der Waals surface area contributed by atoms with E-state index in [1.807, 2.05) is 0 Å². The van der Waals surface area contributed by atoms with Gasteiger partial charge in [0.15, 0.2) is 10.9 Å². The van der Waals surface area contributed by atoms with E-state index in [-0.39, 0.29) is 11.1 Å². The Hall–Kier alpha value is -1.62. The average molecular weight is 270 g/mol. The fourth-order valence-corrected chi connectivity index (χ4v) is 1.42. The molecule has 0 aliphatic rings. The summed E-state index contributed by atoms with van der Waals surface area (Å²) < 4.78 is 5.28. The van der Waals surface area contributed by atoms with Crippen molar-refractivity contribution in [3.63, 3.8) is 0 Å². The second-order valence-corrected chi connectivity index (χ2v) is 5.20. The second kappa shape index (κ2) is 5.35. The third-order valence-corrected chi connectivity index (χ3v) is 2.58. The molecule has 0 unspecified atom stereocenters. The van der Waals surface area contributed by atoms with Gasteiger partial charge in [-0.3, -0.25) is 10.2 Å². The van der Waals surface area contributed by atoms with Crippen molar-refractivity contribution in [2.75, 3.05) is 0 Å². The number of carbonyl (C=O) groups is 1. The molecule has 0 fully saturated rings. The van der Waals surface area contributed by atoms with E-state index in [1.165, 1.54) is 0 Å². The summed E-state index contributed by atoms with van der Waals surface area (Å²) in [7, 11) is 0. The number of halogens is 1. The lowest BCUT2D eigenvalue weighted by Crippen LogP contribution is -2.25. The predicted octanol–water partition coefficient (Wildman–Crippen LogP) is 2.87. The van der Waals surface area contributed by atoms with E-state index >= 15 is 0 Å². The topological polar surface area (TPSA) is 78.3 Å². The number of aromatic amines is 1. The highest BCUT2D eigenvalue weighted by molar-refractivity contribution is 6.70. The molecule has 1 rings (SSSR count). The Morgan fingerprint density at radius 3 is 2.67 bits per heavy atom. The lowest BCUT2D eigenvalue weighted by atomic mass is 9.97. The first-order valence-corrected chi connectivity index (χ1v) is 5.78. The van der Waals surface area contributed by atoms with Crippen LogP contribution < -0.4 is 4.74 Å². The number of carbonyl (C=O) groups excluding carboxylic acids is 1. The normalized spacial score (nSPS) is 12.4. The van der Waals surface area contributed by atoms with Gasteiger partial charge in [-0.25, -0.2) is 4.99 Å². The molecule has 18 heavy (non-hydrogen) atoms. The van der Waals surface area contributed by atoms with Crippen molar-refractivity contribution in [3.05, 3.63) is 17.5 Å². The van der Waals surface area contributed by atoms with Gasteiger partial charge in [0.05, 0.1) is 11.1 Å². The van der Waals surface area contributed by atoms with Gasteiger partial charge in [-0.1, -0.05) is 11.6 Å². The average Bonchev–Trinajstić information content (AvgIpc) is 2.59. The molecule has 2 N–H and O–H groups in total. The van der Waals surface area contributed by atoms with Crippen molar-refractivity contribution in [1.82, 2.24) is 4.98 Å². The van der Waals surface area contributed by atoms with E-state index < -0.39 is 5.41 Å². The zero-order chi connectivity index (χ0) is 13.9. The molecule has 1 aromatic rings. The van der Waals surface area contributed by atoms with E-state index in [4.69, 9.17) is 21.7 Å². The van der Waals surface area contributed by atoms with Crippen LogP contribution in [0.4, 0.5) is 0 Å². The van der Waals surface area contributed by atoms with Crippen molar-refractivity contribution < 1.29 is 9.53 Å². The molecule has 0 aliphatic heterocycles. The van der Waals surface area contributed by atoms with Gasteiger partial charge in [-0.2, -0.15) is 0 Å². The van der Waals surface area contributed by atoms with Gasteiger partial charge in [-0.05, 0) is 27.7 Å². The Morgan fingerprint density at radius 2 is 2.17 bits per heavy atom. The van der Waals surface area contributed by atoms with E-state index in [2.05, 4.69) is 9.98 Å². The SMILES string of the molecule is Cc1c(OC(=O)C(C)(C)C)c[nH]c1C(Cl)=NC=N. The number of aromatic nitrogens is 1. The molecule has 5 nitrogen and oxygen atoms in total. The van der Waals surface area contributed by atoms with Crippen LogP contribution in [-0.4, -0.2) is 22.5 Å². The molecule has 0 atom stereocenters. The molecule has 0 aliphatic carbocycles. The van der Waals surface area contributed by atoms with Gasteiger partial charge in [0, 0.05) is 11.8 Å². The van der Waals surface area contributed by atoms with Crippen LogP contribution in [0, 0.1) is 17.7 Å². The maximum absolute atomic E-state index is 11.8. The highest BCUT2D eigenvalue weighted by Gasteiger charge is 2.25. The van der Waals surface area contributed by atoms with Gasteiger partial charge in [0.1, 0.15) is 6.34 Å². The lowest BCUT2D eigenvalue weighted by molar-refractivity contribution is -0.143. The Kier molecular flexibility index (Phi) is 4.29. The van der Waals surface area contributed by atoms with Crippen LogP contribution in [-0.2, 0) is 4.79 Å². The molecule has 0 aromatic carbocycles. The Labute approximate surface area is 111 Å². The summed E-state index contributed by atoms with van der Waals surface area (Å²) in [5, 5.41) is 7.01. The van der Waals surface area contributed by atoms with Crippen LogP contribution in [0.3, 0.4) is 0 Å². The molecule has 1 heterocycles. The largest absolute Gasteiger partial charge is 0.424 e. The number of rotatable bonds is 3. The second-order valence-electron chi connectivity index (χ2n) is 4.84. The fraction of sp³-hybridized carbons (Fsp3) is 0.417. The van der Waals surface area contributed by atoms with Crippen molar-refractivity contribution in [2.45, 2.75) is 27.7 Å². The minimum atomic E-state index is -0.573. The van der Waals surface area contributed by atoms with Crippen molar-refractivity contribution >= 4 is 29.1 Å². The van der Waals surface area contributed by atoms with Crippen LogP contribution in [0.25, 0.3) is 0 Å². The van der Waals surface area contributed by atoms with Crippen molar-refractivity contribution in [2.24, 2.45) is 10.4 Å². The Bertz CT molecular complexity index is 498. The minimum Gasteiger partial charge on any atom is -0.424 e. The minimum absolute atomic E-state index is 0.153. The summed E-state index contributed by atoms with van der Waals surface area (Å²) in [6.07, 6.45) is 2.40. The molecule has 0 amide bonds. The summed E-state index contributed by atoms with van der Waals surface area (Å²) in [4.78, 5) is 18.3. The van der Waals surface area contributed by atoms with E-state index in [0.717, 1.165) is 6.34 Å². The number of nitrogens with one attached hydrogen (secondary N) is 2. The number of hydrogen-bond donors (Lipinski definition) is 2. The number of ether oxygens (including phenoxy) is 1. The van der Waals surface area contributed by atoms with Gasteiger partial charge in [-0.15, -0.1) is 0 Å². The molecule has 98 valence electrons. The molecule has 1 aromatic heterocycles. The highest BCUT2D eigenvalue weighted by Crippen LogP contribution is 2.25. The molecule has 0 spiro atoms. The molecule has 0 radical (unpaired) electrons. The zero-order valence-corrected chi connectivity index (χ0v) is 11.6. The summed E-state index contributed by atoms with van der Waals surface area (Å²) in [5.74, 6) is 0.0968. The Morgan fingerprint density at radius 1 is 1.56 bits per heavy atom. The molecule has 0 bridgehead atoms. The third-order valence-electron chi connectivity index (χ3n) is 2.29. The van der Waals surface area contributed by atoms with Gasteiger partial charge in [0.2, 0.25) is 0 Å². The van der Waals surface area contributed by atoms with Gasteiger partial charge >= 0.3 is 5.97 Å². The van der Waals surface area contributed by atoms with Crippen molar-refractivity contribution in [3.8, 4) is 5.75 Å². The summed E-state index contributed by atoms with van der Waals surface area (Å²) >= 11 is 5.88. The fourth-order valence-electron chi connectivity index (χ4n) is 1.17. The van der Waals surface area contributed by atoms with Crippen LogP contribution in [0.5, 0.6) is 5.75 Å². The van der Waals surface area contributed by atoms with Gasteiger partial charge < -0.3 is 9.72 Å². The summed E-state index contributed by atoms with van der Waals surface area (Å²) in [5.41, 5.74) is 0.650. The number of H-pyrrole nitrogens is 1. The predicted molar refractivity (Wildman–Crippen MR) is 71.8 cm³/mol. The van der Waals surface area contributed by atoms with Crippen LogP contribution in [0.15, 0.2) is 11.2 Å². The summed E-state index contributed by atoms with van der Waals surface area (Å²) in [6, 6.07) is 0. The number of nitrogens with zero attached hydrogens (tertiary/aromatic N) is 1. The smallest absolute Gasteiger partial charge is 0.316 e. The first-order valence-electron chi connectivity index (χ1n) is 5.40. The van der Waals surface area contributed by atoms with E-state index in [1.54, 1.807) is 33.9 Å². The van der Waals surface area contributed by atoms with Crippen LogP contribution in [0.1, 0.15) is 32.0 Å². The first-order chi connectivity index (χ1) is 8.27. The maximum Gasteiger partial charge on any atom is 0.316 e. The van der Waals surface area contributed by atoms with E-state index in [0.29, 0.717) is 17.0 Å². The van der Waals surface area contributed by atoms with Crippen molar-refractivity contribution in [1.29, 1.82) is 5.41 Å². The monoisotopic (exact) mass is 269 g/mol.